The molecule has 1 amide bonds. The SMILES string of the molecule is C=CC(=O)NC(C)(C)CC.O=[P+](O)O. The molecule has 0 fully saturated rings. The average Bonchev–Trinajstić information content (AvgIpc) is 2.02. The van der Waals surface area contributed by atoms with Crippen LogP contribution in [0, 0.1) is 0 Å². The van der Waals surface area contributed by atoms with E-state index in [-0.39, 0.29) is 11.4 Å². The van der Waals surface area contributed by atoms with E-state index in [0.29, 0.717) is 0 Å². The van der Waals surface area contributed by atoms with E-state index < -0.39 is 8.25 Å². The van der Waals surface area contributed by atoms with Crippen LogP contribution in [0.3, 0.4) is 0 Å². The van der Waals surface area contributed by atoms with Crippen molar-refractivity contribution in [3.8, 4) is 0 Å². The molecule has 3 N–H and O–H groups in total. The summed E-state index contributed by atoms with van der Waals surface area (Å²) in [7, 11) is -2.87. The van der Waals surface area contributed by atoms with Crippen molar-refractivity contribution in [2.24, 2.45) is 0 Å². The zero-order valence-electron chi connectivity index (χ0n) is 8.65. The minimum Gasteiger partial charge on any atom is -0.348 e. The molecule has 0 aromatic rings. The number of amides is 1. The lowest BCUT2D eigenvalue weighted by molar-refractivity contribution is -0.118. The van der Waals surface area contributed by atoms with Crippen LogP contribution in [-0.4, -0.2) is 21.2 Å². The second kappa shape index (κ2) is 7.62. The summed E-state index contributed by atoms with van der Waals surface area (Å²) in [6.07, 6.45) is 2.21. The number of hydrogen-bond donors (Lipinski definition) is 3. The van der Waals surface area contributed by atoms with Crippen LogP contribution in [0.4, 0.5) is 0 Å². The van der Waals surface area contributed by atoms with Crippen molar-refractivity contribution in [1.82, 2.24) is 5.32 Å². The summed E-state index contributed by atoms with van der Waals surface area (Å²) in [5.74, 6) is -0.105. The minimum atomic E-state index is -2.87. The van der Waals surface area contributed by atoms with Gasteiger partial charge in [0.25, 0.3) is 0 Å². The number of rotatable bonds is 3. The van der Waals surface area contributed by atoms with E-state index in [9.17, 15) is 4.79 Å². The molecule has 0 unspecified atom stereocenters. The second-order valence-electron chi connectivity index (χ2n) is 3.18. The Morgan fingerprint density at radius 3 is 2.14 bits per heavy atom. The maximum atomic E-state index is 10.8. The number of carbonyl (C=O) groups is 1. The minimum absolute atomic E-state index is 0.105. The molecule has 0 aliphatic rings. The third-order valence-corrected chi connectivity index (χ3v) is 1.53. The molecule has 0 spiro atoms. The zero-order chi connectivity index (χ0) is 11.8. The van der Waals surface area contributed by atoms with E-state index in [1.54, 1.807) is 0 Å². The van der Waals surface area contributed by atoms with Gasteiger partial charge >= 0.3 is 8.25 Å². The summed E-state index contributed by atoms with van der Waals surface area (Å²) < 4.78 is 8.70. The van der Waals surface area contributed by atoms with Crippen molar-refractivity contribution in [3.63, 3.8) is 0 Å². The maximum Gasteiger partial charge on any atom is 0.692 e. The molecule has 14 heavy (non-hydrogen) atoms. The van der Waals surface area contributed by atoms with Crippen molar-refractivity contribution in [1.29, 1.82) is 0 Å². The monoisotopic (exact) mass is 222 g/mol. The molecule has 0 heterocycles. The first-order valence-electron chi connectivity index (χ1n) is 4.04. The molecule has 0 aromatic heterocycles. The Morgan fingerprint density at radius 2 is 1.93 bits per heavy atom. The Morgan fingerprint density at radius 1 is 1.57 bits per heavy atom. The fraction of sp³-hybridized carbons (Fsp3) is 0.625. The molecule has 0 saturated carbocycles. The fourth-order valence-corrected chi connectivity index (χ4v) is 0.473. The van der Waals surface area contributed by atoms with Gasteiger partial charge in [0.1, 0.15) is 0 Å². The Balaban J connectivity index is 0. The van der Waals surface area contributed by atoms with Gasteiger partial charge < -0.3 is 5.32 Å². The average molecular weight is 222 g/mol. The molecular formula is C8H17NO4P+. The van der Waals surface area contributed by atoms with E-state index >= 15 is 0 Å². The molecule has 0 radical (unpaired) electrons. The third kappa shape index (κ3) is 13.8. The van der Waals surface area contributed by atoms with Crippen LogP contribution < -0.4 is 5.32 Å². The molecule has 0 aliphatic heterocycles. The largest absolute Gasteiger partial charge is 0.692 e. The molecule has 82 valence electrons. The predicted octanol–water partition coefficient (Wildman–Crippen LogP) is 1.11. The Hall–Kier alpha value is -0.770. The highest BCUT2D eigenvalue weighted by atomic mass is 31.1. The zero-order valence-corrected chi connectivity index (χ0v) is 9.54. The summed E-state index contributed by atoms with van der Waals surface area (Å²) in [6.45, 7) is 9.36. The number of carbonyl (C=O) groups excluding carboxylic acids is 1. The lowest BCUT2D eigenvalue weighted by Crippen LogP contribution is -2.41. The van der Waals surface area contributed by atoms with Gasteiger partial charge in [-0.1, -0.05) is 13.5 Å². The molecule has 6 heteroatoms. The quantitative estimate of drug-likeness (QED) is 0.493. The van der Waals surface area contributed by atoms with Crippen LogP contribution in [-0.2, 0) is 9.36 Å². The number of nitrogens with one attached hydrogen (secondary N) is 1. The van der Waals surface area contributed by atoms with Crippen molar-refractivity contribution in [2.45, 2.75) is 32.7 Å². The first kappa shape index (κ1) is 15.7. The highest BCUT2D eigenvalue weighted by Crippen LogP contribution is 2.05. The van der Waals surface area contributed by atoms with Gasteiger partial charge in [0.15, 0.2) is 0 Å². The summed E-state index contributed by atoms with van der Waals surface area (Å²) in [6, 6.07) is 0. The summed E-state index contributed by atoms with van der Waals surface area (Å²) >= 11 is 0. The van der Waals surface area contributed by atoms with E-state index in [0.717, 1.165) is 6.42 Å². The van der Waals surface area contributed by atoms with Crippen molar-refractivity contribution >= 4 is 14.2 Å². The number of hydrogen-bond acceptors (Lipinski definition) is 2. The Bertz CT molecular complexity index is 211. The van der Waals surface area contributed by atoms with Crippen LogP contribution >= 0.6 is 8.25 Å². The Labute approximate surface area is 84.8 Å². The maximum absolute atomic E-state index is 10.8. The lowest BCUT2D eigenvalue weighted by Gasteiger charge is -2.23. The normalized spacial score (nSPS) is 9.50. The third-order valence-electron chi connectivity index (χ3n) is 1.53. The first-order valence-corrected chi connectivity index (χ1v) is 5.21. The fourth-order valence-electron chi connectivity index (χ4n) is 0.473. The van der Waals surface area contributed by atoms with Crippen LogP contribution in [0.25, 0.3) is 0 Å². The van der Waals surface area contributed by atoms with E-state index in [1.165, 1.54) is 6.08 Å². The molecule has 0 aliphatic carbocycles. The van der Waals surface area contributed by atoms with Gasteiger partial charge in [-0.2, -0.15) is 0 Å². The topological polar surface area (TPSA) is 86.6 Å². The van der Waals surface area contributed by atoms with Gasteiger partial charge in [0.2, 0.25) is 5.91 Å². The molecular weight excluding hydrogens is 205 g/mol. The van der Waals surface area contributed by atoms with Crippen molar-refractivity contribution in [2.75, 3.05) is 0 Å². The van der Waals surface area contributed by atoms with Crippen LogP contribution in [0.15, 0.2) is 12.7 Å². The molecule has 0 saturated heterocycles. The highest BCUT2D eigenvalue weighted by Gasteiger charge is 2.15. The van der Waals surface area contributed by atoms with Gasteiger partial charge in [-0.05, 0) is 26.3 Å². The van der Waals surface area contributed by atoms with Gasteiger partial charge in [-0.25, -0.2) is 0 Å². The standard InChI is InChI=1S/C8H15NO.HO3P/c1-5-7(10)9-8(3,4)6-2;1-4(2)3/h5H,1,6H2,2-4H3,(H,9,10);(H-,1,2,3)/p+1. The molecule has 0 rings (SSSR count). The summed E-state index contributed by atoms with van der Waals surface area (Å²) in [4.78, 5) is 25.0. The first-order chi connectivity index (χ1) is 6.25. The van der Waals surface area contributed by atoms with E-state index in [2.05, 4.69) is 11.9 Å². The molecule has 0 bridgehead atoms. The van der Waals surface area contributed by atoms with Gasteiger partial charge in [0, 0.05) is 10.1 Å². The second-order valence-corrected chi connectivity index (χ2v) is 3.69. The van der Waals surface area contributed by atoms with E-state index in [4.69, 9.17) is 14.4 Å². The summed E-state index contributed by atoms with van der Waals surface area (Å²) in [5, 5.41) is 2.80. The van der Waals surface area contributed by atoms with Crippen molar-refractivity contribution in [3.05, 3.63) is 12.7 Å². The van der Waals surface area contributed by atoms with Crippen LogP contribution in [0.2, 0.25) is 0 Å². The predicted molar refractivity (Wildman–Crippen MR) is 54.8 cm³/mol. The smallest absolute Gasteiger partial charge is 0.348 e. The lowest BCUT2D eigenvalue weighted by atomic mass is 10.0. The van der Waals surface area contributed by atoms with Crippen molar-refractivity contribution < 1.29 is 19.1 Å². The van der Waals surface area contributed by atoms with Gasteiger partial charge in [0.05, 0.1) is 0 Å². The Kier molecular flexibility index (Phi) is 8.54. The van der Waals surface area contributed by atoms with Crippen LogP contribution in [0.5, 0.6) is 0 Å². The van der Waals surface area contributed by atoms with Gasteiger partial charge in [-0.15, -0.1) is 9.79 Å². The molecule has 0 atom stereocenters. The highest BCUT2D eigenvalue weighted by molar-refractivity contribution is 7.30. The summed E-state index contributed by atoms with van der Waals surface area (Å²) in [5.41, 5.74) is -0.106. The van der Waals surface area contributed by atoms with E-state index in [1.807, 2.05) is 20.8 Å². The molecule has 0 aromatic carbocycles. The van der Waals surface area contributed by atoms with Gasteiger partial charge in [-0.3, -0.25) is 4.79 Å². The molecule has 5 nitrogen and oxygen atoms in total. The van der Waals surface area contributed by atoms with Crippen LogP contribution in [0.1, 0.15) is 27.2 Å².